The predicted molar refractivity (Wildman–Crippen MR) is 70.3 cm³/mol. The van der Waals surface area contributed by atoms with E-state index in [1.54, 1.807) is 0 Å². The van der Waals surface area contributed by atoms with Crippen molar-refractivity contribution in [3.8, 4) is 11.5 Å². The van der Waals surface area contributed by atoms with Crippen molar-refractivity contribution >= 4 is 5.91 Å². The number of hydrogen-bond acceptors (Lipinski definition) is 6. The number of ether oxygens (including phenoxy) is 1. The Labute approximate surface area is 116 Å². The van der Waals surface area contributed by atoms with Crippen LogP contribution in [0, 0.1) is 0 Å². The van der Waals surface area contributed by atoms with Crippen LogP contribution in [0.3, 0.4) is 0 Å². The molecule has 1 aromatic carbocycles. The highest BCUT2D eigenvalue weighted by molar-refractivity contribution is 5.81. The van der Waals surface area contributed by atoms with Crippen molar-refractivity contribution in [2.45, 2.75) is 18.6 Å². The van der Waals surface area contributed by atoms with Crippen LogP contribution in [0.25, 0.3) is 0 Å². The Hall–Kier alpha value is -1.83. The van der Waals surface area contributed by atoms with Crippen LogP contribution in [0.1, 0.15) is 6.92 Å². The zero-order chi connectivity index (χ0) is 15.2. The van der Waals surface area contributed by atoms with Gasteiger partial charge in [0.15, 0.2) is 6.10 Å². The second kappa shape index (κ2) is 7.09. The molecular weight excluding hydrogens is 266 g/mol. The summed E-state index contributed by atoms with van der Waals surface area (Å²) in [6.07, 6.45) is -0.899. The van der Waals surface area contributed by atoms with Gasteiger partial charge in [0.1, 0.15) is 17.0 Å². The van der Waals surface area contributed by atoms with E-state index in [4.69, 9.17) is 25.2 Å². The molecule has 1 unspecified atom stereocenters. The van der Waals surface area contributed by atoms with Gasteiger partial charge in [0.05, 0.1) is 19.8 Å². The summed E-state index contributed by atoms with van der Waals surface area (Å²) in [6, 6.07) is 5.83. The number of benzene rings is 1. The monoisotopic (exact) mass is 285 g/mol. The van der Waals surface area contributed by atoms with E-state index < -0.39 is 37.4 Å². The van der Waals surface area contributed by atoms with Gasteiger partial charge >= 0.3 is 0 Å². The first kappa shape index (κ1) is 16.2. The molecule has 5 N–H and O–H groups in total. The fourth-order valence-electron chi connectivity index (χ4n) is 1.41. The summed E-state index contributed by atoms with van der Waals surface area (Å²) in [4.78, 5) is 11.9. The average Bonchev–Trinajstić information content (AvgIpc) is 2.47. The van der Waals surface area contributed by atoms with E-state index in [0.717, 1.165) is 0 Å². The van der Waals surface area contributed by atoms with Crippen LogP contribution in [-0.4, -0.2) is 57.8 Å². The maximum atomic E-state index is 11.9. The Kier molecular flexibility index (Phi) is 5.75. The number of rotatable bonds is 7. The molecule has 1 aromatic rings. The van der Waals surface area contributed by atoms with Gasteiger partial charge in [-0.3, -0.25) is 4.79 Å². The summed E-state index contributed by atoms with van der Waals surface area (Å²) in [5, 5.41) is 38.9. The third-order valence-corrected chi connectivity index (χ3v) is 2.82. The van der Waals surface area contributed by atoms with Crippen LogP contribution in [0.4, 0.5) is 0 Å². The van der Waals surface area contributed by atoms with Gasteiger partial charge in [0.25, 0.3) is 5.91 Å². The molecule has 1 rings (SSSR count). The highest BCUT2D eigenvalue weighted by atomic mass is 16.5. The molecule has 0 saturated carbocycles. The lowest BCUT2D eigenvalue weighted by Gasteiger charge is -2.30. The lowest BCUT2D eigenvalue weighted by atomic mass is 10.0. The molecule has 20 heavy (non-hydrogen) atoms. The number of carbonyl (C=O) groups is 1. The summed E-state index contributed by atoms with van der Waals surface area (Å²) in [5.41, 5.74) is -1.48. The van der Waals surface area contributed by atoms with Gasteiger partial charge in [-0.1, -0.05) is 0 Å². The van der Waals surface area contributed by atoms with E-state index in [2.05, 4.69) is 5.32 Å². The molecule has 0 aliphatic carbocycles. The Morgan fingerprint density at radius 3 is 2.15 bits per heavy atom. The molecule has 0 aliphatic rings. The van der Waals surface area contributed by atoms with Crippen molar-refractivity contribution in [1.29, 1.82) is 0 Å². The normalized spacial score (nSPS) is 12.8. The number of aliphatic hydroxyl groups excluding tert-OH is 3. The molecule has 7 nitrogen and oxygen atoms in total. The number of aliphatic hydroxyl groups is 3. The van der Waals surface area contributed by atoms with Gasteiger partial charge in [-0.15, -0.1) is 0 Å². The predicted octanol–water partition coefficient (Wildman–Crippen LogP) is -1.01. The van der Waals surface area contributed by atoms with Crippen molar-refractivity contribution in [3.05, 3.63) is 24.3 Å². The first-order valence-corrected chi connectivity index (χ1v) is 6.06. The topological polar surface area (TPSA) is 119 Å². The van der Waals surface area contributed by atoms with Crippen molar-refractivity contribution < 1.29 is 30.0 Å². The second-order valence-corrected chi connectivity index (χ2v) is 4.50. The van der Waals surface area contributed by atoms with E-state index in [1.807, 2.05) is 0 Å². The first-order valence-electron chi connectivity index (χ1n) is 6.06. The number of aromatic hydroxyl groups is 1. The Morgan fingerprint density at radius 2 is 1.70 bits per heavy atom. The lowest BCUT2D eigenvalue weighted by molar-refractivity contribution is -0.131. The Bertz CT molecular complexity index is 421. The van der Waals surface area contributed by atoms with E-state index in [1.165, 1.54) is 31.2 Å². The molecule has 1 amide bonds. The first-order chi connectivity index (χ1) is 9.46. The number of nitrogens with one attached hydrogen (secondary N) is 1. The third-order valence-electron chi connectivity index (χ3n) is 2.82. The van der Waals surface area contributed by atoms with Gasteiger partial charge < -0.3 is 30.5 Å². The SMILES string of the molecule is CC(Oc1ccc(O)cc1)C(=O)NC(CO)(CO)CO. The largest absolute Gasteiger partial charge is 0.508 e. The number of carbonyl (C=O) groups excluding carboxylic acids is 1. The summed E-state index contributed by atoms with van der Waals surface area (Å²) < 4.78 is 5.34. The van der Waals surface area contributed by atoms with E-state index in [9.17, 15) is 4.79 Å². The molecule has 0 aliphatic heterocycles. The maximum Gasteiger partial charge on any atom is 0.261 e. The summed E-state index contributed by atoms with van der Waals surface area (Å²) >= 11 is 0. The van der Waals surface area contributed by atoms with E-state index >= 15 is 0 Å². The van der Waals surface area contributed by atoms with Gasteiger partial charge in [-0.05, 0) is 31.2 Å². The third kappa shape index (κ3) is 4.09. The van der Waals surface area contributed by atoms with Crippen molar-refractivity contribution in [3.63, 3.8) is 0 Å². The van der Waals surface area contributed by atoms with Gasteiger partial charge in [0.2, 0.25) is 0 Å². The summed E-state index contributed by atoms with van der Waals surface area (Å²) in [7, 11) is 0. The van der Waals surface area contributed by atoms with Crippen LogP contribution in [0.5, 0.6) is 11.5 Å². The fourth-order valence-corrected chi connectivity index (χ4v) is 1.41. The standard InChI is InChI=1S/C13H19NO6/c1-9(20-11-4-2-10(18)3-5-11)12(19)14-13(6-15,7-16)8-17/h2-5,9,15-18H,6-8H2,1H3,(H,14,19). The average molecular weight is 285 g/mol. The minimum Gasteiger partial charge on any atom is -0.508 e. The highest BCUT2D eigenvalue weighted by Crippen LogP contribution is 2.17. The zero-order valence-corrected chi connectivity index (χ0v) is 11.1. The van der Waals surface area contributed by atoms with Gasteiger partial charge in [0, 0.05) is 0 Å². The molecule has 0 aromatic heterocycles. The molecule has 0 heterocycles. The molecule has 0 saturated heterocycles. The minimum absolute atomic E-state index is 0.0781. The lowest BCUT2D eigenvalue weighted by Crippen LogP contribution is -2.59. The molecule has 0 spiro atoms. The van der Waals surface area contributed by atoms with Crippen LogP contribution in [0.2, 0.25) is 0 Å². The summed E-state index contributed by atoms with van der Waals surface area (Å²) in [5.74, 6) is -0.127. The molecule has 0 radical (unpaired) electrons. The number of hydrogen-bond donors (Lipinski definition) is 5. The molecule has 0 fully saturated rings. The molecule has 1 atom stereocenters. The smallest absolute Gasteiger partial charge is 0.261 e. The quantitative estimate of drug-likeness (QED) is 0.438. The van der Waals surface area contributed by atoms with Crippen LogP contribution < -0.4 is 10.1 Å². The molecule has 112 valence electrons. The van der Waals surface area contributed by atoms with Gasteiger partial charge in [-0.25, -0.2) is 0 Å². The number of phenols is 1. The molecular formula is C13H19NO6. The van der Waals surface area contributed by atoms with E-state index in [0.29, 0.717) is 5.75 Å². The van der Waals surface area contributed by atoms with Crippen molar-refractivity contribution in [2.75, 3.05) is 19.8 Å². The zero-order valence-electron chi connectivity index (χ0n) is 11.1. The fraction of sp³-hybridized carbons (Fsp3) is 0.462. The van der Waals surface area contributed by atoms with Crippen molar-refractivity contribution in [1.82, 2.24) is 5.32 Å². The molecule has 0 bridgehead atoms. The number of phenolic OH excluding ortho intramolecular Hbond substituents is 1. The van der Waals surface area contributed by atoms with E-state index in [-0.39, 0.29) is 5.75 Å². The second-order valence-electron chi connectivity index (χ2n) is 4.50. The van der Waals surface area contributed by atoms with Gasteiger partial charge in [-0.2, -0.15) is 0 Å². The van der Waals surface area contributed by atoms with Crippen LogP contribution >= 0.6 is 0 Å². The van der Waals surface area contributed by atoms with Crippen LogP contribution in [0.15, 0.2) is 24.3 Å². The maximum absolute atomic E-state index is 11.9. The van der Waals surface area contributed by atoms with Crippen LogP contribution in [-0.2, 0) is 4.79 Å². The number of amides is 1. The summed E-state index contributed by atoms with van der Waals surface area (Å²) in [6.45, 7) is -0.313. The van der Waals surface area contributed by atoms with Crippen molar-refractivity contribution in [2.24, 2.45) is 0 Å². The minimum atomic E-state index is -1.48. The Morgan fingerprint density at radius 1 is 1.20 bits per heavy atom. The highest BCUT2D eigenvalue weighted by Gasteiger charge is 2.32. The molecule has 7 heteroatoms. The Balaban J connectivity index is 2.65.